The van der Waals surface area contributed by atoms with Crippen LogP contribution < -0.4 is 15.1 Å². The summed E-state index contributed by atoms with van der Waals surface area (Å²) in [5.41, 5.74) is 4.43. The van der Waals surface area contributed by atoms with Gasteiger partial charge in [0.05, 0.1) is 22.3 Å². The lowest BCUT2D eigenvalue weighted by Crippen LogP contribution is -2.47. The van der Waals surface area contributed by atoms with Crippen LogP contribution in [0.2, 0.25) is 0 Å². The zero-order valence-corrected chi connectivity index (χ0v) is 17.8. The van der Waals surface area contributed by atoms with Gasteiger partial charge in [0.1, 0.15) is 17.4 Å². The first kappa shape index (κ1) is 19.8. The molecule has 0 saturated carbocycles. The Morgan fingerprint density at radius 1 is 1.03 bits per heavy atom. The first-order valence-electron chi connectivity index (χ1n) is 10.0. The minimum Gasteiger partial charge on any atom is -0.366 e. The van der Waals surface area contributed by atoms with Gasteiger partial charge in [-0.3, -0.25) is 15.1 Å². The molecule has 1 fully saturated rings. The number of rotatable bonds is 4. The van der Waals surface area contributed by atoms with Gasteiger partial charge in [-0.1, -0.05) is 29.5 Å². The summed E-state index contributed by atoms with van der Waals surface area (Å²) in [7, 11) is 0. The molecule has 0 bridgehead atoms. The van der Waals surface area contributed by atoms with Crippen molar-refractivity contribution in [3.05, 3.63) is 65.4 Å². The number of para-hydroxylation sites is 1. The molecule has 0 unspecified atom stereocenters. The van der Waals surface area contributed by atoms with Gasteiger partial charge < -0.3 is 9.80 Å². The van der Waals surface area contributed by atoms with Crippen molar-refractivity contribution < 1.29 is 4.79 Å². The number of nitrogens with one attached hydrogen (secondary N) is 1. The number of hydrogen-bond donors (Lipinski definition) is 1. The topological polar surface area (TPSA) is 111 Å². The maximum absolute atomic E-state index is 12.3. The predicted molar refractivity (Wildman–Crippen MR) is 123 cm³/mol. The first-order chi connectivity index (χ1) is 15.7. The summed E-state index contributed by atoms with van der Waals surface area (Å²) in [6, 6.07) is 13.8. The van der Waals surface area contributed by atoms with Gasteiger partial charge in [-0.05, 0) is 18.2 Å². The summed E-state index contributed by atoms with van der Waals surface area (Å²) in [5, 5.41) is 21.3. The Kier molecular flexibility index (Phi) is 5.31. The van der Waals surface area contributed by atoms with Gasteiger partial charge in [0, 0.05) is 44.0 Å². The van der Waals surface area contributed by atoms with Crippen LogP contribution in [0.25, 0.3) is 10.9 Å². The normalized spacial score (nSPS) is 13.7. The fourth-order valence-corrected chi connectivity index (χ4v) is 4.25. The Bertz CT molecular complexity index is 1290. The van der Waals surface area contributed by atoms with Crippen LogP contribution in [0.3, 0.4) is 0 Å². The van der Waals surface area contributed by atoms with Crippen LogP contribution >= 0.6 is 11.3 Å². The van der Waals surface area contributed by atoms with E-state index in [9.17, 15) is 10.1 Å². The van der Waals surface area contributed by atoms with Gasteiger partial charge in [-0.15, -0.1) is 10.2 Å². The Morgan fingerprint density at radius 2 is 1.84 bits per heavy atom. The van der Waals surface area contributed by atoms with Crippen LogP contribution in [0.5, 0.6) is 0 Å². The Morgan fingerprint density at radius 3 is 2.56 bits per heavy atom. The van der Waals surface area contributed by atoms with Crippen molar-refractivity contribution in [2.45, 2.75) is 0 Å². The van der Waals surface area contributed by atoms with Crippen molar-refractivity contribution in [3.8, 4) is 6.07 Å². The van der Waals surface area contributed by atoms with Gasteiger partial charge in [0.2, 0.25) is 5.13 Å². The molecule has 158 valence electrons. The van der Waals surface area contributed by atoms with Crippen molar-refractivity contribution in [2.75, 3.05) is 41.3 Å². The van der Waals surface area contributed by atoms with Crippen LogP contribution in [-0.2, 0) is 0 Å². The van der Waals surface area contributed by atoms with Crippen LogP contribution in [0.15, 0.2) is 54.3 Å². The second kappa shape index (κ2) is 8.56. The summed E-state index contributed by atoms with van der Waals surface area (Å²) >= 11 is 1.26. The molecule has 4 aromatic rings. The smallest absolute Gasteiger partial charge is 0.259 e. The van der Waals surface area contributed by atoms with Gasteiger partial charge >= 0.3 is 0 Å². The maximum atomic E-state index is 12.3. The average molecular weight is 443 g/mol. The van der Waals surface area contributed by atoms with E-state index in [1.165, 1.54) is 11.3 Å². The van der Waals surface area contributed by atoms with Crippen molar-refractivity contribution in [3.63, 3.8) is 0 Å². The number of amides is 1. The lowest BCUT2D eigenvalue weighted by molar-refractivity contribution is 0.102. The largest absolute Gasteiger partial charge is 0.366 e. The third-order valence-corrected chi connectivity index (χ3v) is 5.98. The standard InChI is InChI=1S/C22H18N8OS/c23-11-16-13-24-18-4-2-1-3-17(18)20(16)30-9-7-29(8-10-30)19-6-5-15(12-25-19)21(31)27-22-28-26-14-32-22/h1-6,12-14H,7-10H2,(H,27,28,31). The van der Waals surface area contributed by atoms with Gasteiger partial charge in [0.15, 0.2) is 0 Å². The van der Waals surface area contributed by atoms with Gasteiger partial charge in [-0.25, -0.2) is 4.98 Å². The molecule has 1 aliphatic rings. The van der Waals surface area contributed by atoms with E-state index in [0.29, 0.717) is 16.3 Å². The molecule has 1 aliphatic heterocycles. The molecule has 0 aliphatic carbocycles. The summed E-state index contributed by atoms with van der Waals surface area (Å²) in [6.45, 7) is 3.02. The zero-order valence-electron chi connectivity index (χ0n) is 17.0. The highest BCUT2D eigenvalue weighted by atomic mass is 32.1. The molecule has 0 spiro atoms. The Balaban J connectivity index is 1.29. The third kappa shape index (κ3) is 3.81. The molecule has 0 radical (unpaired) electrons. The summed E-state index contributed by atoms with van der Waals surface area (Å²) in [6.07, 6.45) is 3.22. The quantitative estimate of drug-likeness (QED) is 0.514. The first-order valence-corrected chi connectivity index (χ1v) is 10.9. The van der Waals surface area contributed by atoms with Crippen molar-refractivity contribution >= 4 is 44.8 Å². The number of pyridine rings is 2. The predicted octanol–water partition coefficient (Wildman–Crippen LogP) is 2.93. The average Bonchev–Trinajstić information content (AvgIpc) is 3.36. The summed E-state index contributed by atoms with van der Waals surface area (Å²) < 4.78 is 0. The van der Waals surface area contributed by atoms with Gasteiger partial charge in [-0.2, -0.15) is 5.26 Å². The minimum absolute atomic E-state index is 0.265. The van der Waals surface area contributed by atoms with E-state index < -0.39 is 0 Å². The Labute approximate surface area is 188 Å². The van der Waals surface area contributed by atoms with Crippen LogP contribution in [0.4, 0.5) is 16.6 Å². The molecule has 1 saturated heterocycles. The van der Waals surface area contributed by atoms with Crippen molar-refractivity contribution in [1.82, 2.24) is 20.2 Å². The summed E-state index contributed by atoms with van der Waals surface area (Å²) in [5.74, 6) is 0.552. The number of nitrogens with zero attached hydrogens (tertiary/aromatic N) is 7. The van der Waals surface area contributed by atoms with Crippen LogP contribution in [0, 0.1) is 11.3 Å². The fourth-order valence-electron chi connectivity index (χ4n) is 3.81. The van der Waals surface area contributed by atoms with E-state index in [1.54, 1.807) is 24.0 Å². The highest BCUT2D eigenvalue weighted by molar-refractivity contribution is 7.13. The molecule has 5 rings (SSSR count). The van der Waals surface area contributed by atoms with E-state index in [0.717, 1.165) is 48.6 Å². The van der Waals surface area contributed by atoms with Gasteiger partial charge in [0.25, 0.3) is 5.91 Å². The van der Waals surface area contributed by atoms with Crippen molar-refractivity contribution in [1.29, 1.82) is 5.26 Å². The van der Waals surface area contributed by atoms with Crippen LogP contribution in [0.1, 0.15) is 15.9 Å². The molecule has 1 amide bonds. The number of carbonyl (C=O) groups is 1. The van der Waals surface area contributed by atoms with E-state index in [4.69, 9.17) is 0 Å². The molecule has 3 aromatic heterocycles. The number of aromatic nitrogens is 4. The number of carbonyl (C=O) groups excluding carboxylic acids is 1. The van der Waals surface area contributed by atoms with E-state index in [-0.39, 0.29) is 5.91 Å². The molecule has 1 N–H and O–H groups in total. The molecular weight excluding hydrogens is 424 g/mol. The molecule has 4 heterocycles. The fraction of sp³-hybridized carbons (Fsp3) is 0.182. The van der Waals surface area contributed by atoms with E-state index in [1.807, 2.05) is 30.3 Å². The molecule has 10 heteroatoms. The third-order valence-electron chi connectivity index (χ3n) is 5.38. The number of piperazine rings is 1. The highest BCUT2D eigenvalue weighted by Crippen LogP contribution is 2.30. The number of benzene rings is 1. The monoisotopic (exact) mass is 442 g/mol. The van der Waals surface area contributed by atoms with Crippen LogP contribution in [-0.4, -0.2) is 52.3 Å². The zero-order chi connectivity index (χ0) is 21.9. The summed E-state index contributed by atoms with van der Waals surface area (Å²) in [4.78, 5) is 25.6. The molecular formula is C22H18N8OS. The minimum atomic E-state index is -0.265. The number of hydrogen-bond acceptors (Lipinski definition) is 9. The Hall–Kier alpha value is -4.10. The number of nitriles is 1. The number of anilines is 3. The van der Waals surface area contributed by atoms with Crippen molar-refractivity contribution in [2.24, 2.45) is 0 Å². The van der Waals surface area contributed by atoms with E-state index >= 15 is 0 Å². The molecule has 32 heavy (non-hydrogen) atoms. The SMILES string of the molecule is N#Cc1cnc2ccccc2c1N1CCN(c2ccc(C(=O)Nc3nncs3)cn2)CC1. The molecule has 0 atom stereocenters. The maximum Gasteiger partial charge on any atom is 0.259 e. The highest BCUT2D eigenvalue weighted by Gasteiger charge is 2.22. The molecule has 1 aromatic carbocycles. The number of fused-ring (bicyclic) bond motifs is 1. The second-order valence-electron chi connectivity index (χ2n) is 7.23. The second-order valence-corrected chi connectivity index (χ2v) is 8.06. The van der Waals surface area contributed by atoms with E-state index in [2.05, 4.69) is 41.4 Å². The molecule has 9 nitrogen and oxygen atoms in total. The lowest BCUT2D eigenvalue weighted by Gasteiger charge is -2.37. The lowest BCUT2D eigenvalue weighted by atomic mass is 10.1.